The molecule has 0 spiro atoms. The predicted molar refractivity (Wildman–Crippen MR) is 135 cm³/mol. The van der Waals surface area contributed by atoms with Gasteiger partial charge in [0.05, 0.1) is 5.41 Å². The van der Waals surface area contributed by atoms with E-state index in [4.69, 9.17) is 23.2 Å². The number of fused-ring (bicyclic) bond motifs is 2. The van der Waals surface area contributed by atoms with Crippen molar-refractivity contribution in [3.05, 3.63) is 23.9 Å². The Bertz CT molecular complexity index is 778. The summed E-state index contributed by atoms with van der Waals surface area (Å²) < 4.78 is 2.68. The Morgan fingerprint density at radius 2 is 1.58 bits per heavy atom. The molecule has 2 saturated carbocycles. The Balaban J connectivity index is 1.64. The minimum absolute atomic E-state index is 0.179. The molecule has 0 N–H and O–H groups in total. The van der Waals surface area contributed by atoms with E-state index in [1.54, 1.807) is 0 Å². The molecule has 2 aliphatic heterocycles. The summed E-state index contributed by atoms with van der Waals surface area (Å²) in [4.78, 5) is 2.68. The lowest BCUT2D eigenvalue weighted by atomic mass is 9.69. The molecule has 4 heteroatoms. The van der Waals surface area contributed by atoms with Gasteiger partial charge in [-0.3, -0.25) is 0 Å². The maximum Gasteiger partial charge on any atom is 0.182 e. The van der Waals surface area contributed by atoms with Gasteiger partial charge in [0, 0.05) is 52.9 Å². The highest BCUT2D eigenvalue weighted by atomic mass is 35.5. The van der Waals surface area contributed by atoms with Gasteiger partial charge >= 0.3 is 0 Å². The van der Waals surface area contributed by atoms with Gasteiger partial charge in [-0.05, 0) is 71.8 Å². The third-order valence-corrected chi connectivity index (χ3v) is 10.1. The largest absolute Gasteiger partial charge is 0.371 e. The van der Waals surface area contributed by atoms with Crippen molar-refractivity contribution in [3.8, 4) is 0 Å². The molecule has 1 saturated heterocycles. The first-order valence-corrected chi connectivity index (χ1v) is 13.6. The zero-order valence-corrected chi connectivity index (χ0v) is 22.0. The summed E-state index contributed by atoms with van der Waals surface area (Å²) in [6.45, 7) is 16.5. The second-order valence-corrected chi connectivity index (χ2v) is 12.7. The van der Waals surface area contributed by atoms with Crippen molar-refractivity contribution in [2.45, 2.75) is 103 Å². The molecule has 0 aromatic carbocycles. The smallest absolute Gasteiger partial charge is 0.182 e. The van der Waals surface area contributed by atoms with Gasteiger partial charge in [0.1, 0.15) is 6.54 Å². The molecule has 4 aliphatic rings. The molecule has 6 unspecified atom stereocenters. The molecule has 2 nitrogen and oxygen atoms in total. The normalized spacial score (nSPS) is 40.6. The van der Waals surface area contributed by atoms with Crippen LogP contribution < -0.4 is 0 Å². The molecule has 174 valence electrons. The van der Waals surface area contributed by atoms with E-state index < -0.39 is 0 Å². The van der Waals surface area contributed by atoms with Crippen molar-refractivity contribution >= 4 is 28.9 Å². The SMILES string of the molecule is CCN1C(=CC=CC2=[N+](CC)C3CCC(Cl)CC3C2(C)C)C(C)(C)C2CC(Cl)CCC21. The van der Waals surface area contributed by atoms with Crippen molar-refractivity contribution in [1.29, 1.82) is 0 Å². The van der Waals surface area contributed by atoms with E-state index in [1.165, 1.54) is 24.3 Å². The fourth-order valence-electron chi connectivity index (χ4n) is 7.64. The predicted octanol–water partition coefficient (Wildman–Crippen LogP) is 6.85. The van der Waals surface area contributed by atoms with Gasteiger partial charge in [-0.2, -0.15) is 0 Å². The molecule has 0 amide bonds. The fourth-order valence-corrected chi connectivity index (χ4v) is 8.28. The van der Waals surface area contributed by atoms with Crippen molar-refractivity contribution in [2.75, 3.05) is 13.1 Å². The zero-order valence-electron chi connectivity index (χ0n) is 20.5. The first-order valence-electron chi connectivity index (χ1n) is 12.7. The van der Waals surface area contributed by atoms with Crippen LogP contribution in [0.2, 0.25) is 0 Å². The molecule has 0 bridgehead atoms. The Labute approximate surface area is 200 Å². The van der Waals surface area contributed by atoms with Crippen LogP contribution >= 0.6 is 23.2 Å². The summed E-state index contributed by atoms with van der Waals surface area (Å²) in [6, 6.07) is 1.31. The Kier molecular flexibility index (Phi) is 6.65. The van der Waals surface area contributed by atoms with Gasteiger partial charge in [-0.15, -0.1) is 23.2 Å². The Hall–Kier alpha value is -0.470. The standard InChI is InChI=1S/C27H43Cl2N2/c1-7-30-22-14-12-18(28)16-20(22)26(3,4)24(30)10-9-11-25-27(5,6)21-17-19(29)13-15-23(21)31(25)8-2/h9-11,18-23H,7-8,12-17H2,1-6H3/q+1. The molecular weight excluding hydrogens is 423 g/mol. The summed E-state index contributed by atoms with van der Waals surface area (Å²) in [5, 5.41) is 0.687. The van der Waals surface area contributed by atoms with Crippen LogP contribution in [0.3, 0.4) is 0 Å². The van der Waals surface area contributed by atoms with E-state index in [0.717, 1.165) is 38.8 Å². The lowest BCUT2D eigenvalue weighted by Crippen LogP contribution is -2.38. The van der Waals surface area contributed by atoms with Crippen LogP contribution in [0.25, 0.3) is 0 Å². The van der Waals surface area contributed by atoms with E-state index >= 15 is 0 Å². The van der Waals surface area contributed by atoms with Crippen LogP contribution in [-0.4, -0.2) is 51.1 Å². The van der Waals surface area contributed by atoms with Crippen LogP contribution in [0.4, 0.5) is 0 Å². The topological polar surface area (TPSA) is 6.25 Å². The highest BCUT2D eigenvalue weighted by Gasteiger charge is 2.55. The lowest BCUT2D eigenvalue weighted by Gasteiger charge is -2.36. The van der Waals surface area contributed by atoms with E-state index in [0.29, 0.717) is 34.7 Å². The Morgan fingerprint density at radius 1 is 0.935 bits per heavy atom. The molecule has 2 heterocycles. The molecule has 0 aromatic heterocycles. The van der Waals surface area contributed by atoms with E-state index in [9.17, 15) is 0 Å². The van der Waals surface area contributed by atoms with E-state index in [-0.39, 0.29) is 10.8 Å². The number of allylic oxidation sites excluding steroid dienone is 4. The van der Waals surface area contributed by atoms with E-state index in [2.05, 4.69) is 69.2 Å². The third kappa shape index (κ3) is 3.92. The van der Waals surface area contributed by atoms with Gasteiger partial charge in [0.2, 0.25) is 0 Å². The van der Waals surface area contributed by atoms with Crippen molar-refractivity contribution in [1.82, 2.24) is 4.90 Å². The van der Waals surface area contributed by atoms with Crippen LogP contribution in [0.15, 0.2) is 23.9 Å². The van der Waals surface area contributed by atoms with Gasteiger partial charge < -0.3 is 4.90 Å². The minimum Gasteiger partial charge on any atom is -0.371 e. The third-order valence-electron chi connectivity index (χ3n) is 9.28. The van der Waals surface area contributed by atoms with Crippen LogP contribution in [0.1, 0.15) is 80.1 Å². The highest BCUT2D eigenvalue weighted by Crippen LogP contribution is 2.54. The average molecular weight is 467 g/mol. The lowest BCUT2D eigenvalue weighted by molar-refractivity contribution is -0.563. The van der Waals surface area contributed by atoms with Crippen LogP contribution in [0.5, 0.6) is 0 Å². The Morgan fingerprint density at radius 3 is 2.23 bits per heavy atom. The molecule has 0 radical (unpaired) electrons. The monoisotopic (exact) mass is 465 g/mol. The van der Waals surface area contributed by atoms with Gasteiger partial charge in [-0.1, -0.05) is 19.9 Å². The van der Waals surface area contributed by atoms with Crippen LogP contribution in [-0.2, 0) is 0 Å². The second-order valence-electron chi connectivity index (χ2n) is 11.5. The van der Waals surface area contributed by atoms with Gasteiger partial charge in [0.25, 0.3) is 0 Å². The molecule has 0 aromatic rings. The number of alkyl halides is 2. The first-order chi connectivity index (χ1) is 14.6. The molecule has 31 heavy (non-hydrogen) atoms. The fraction of sp³-hybridized carbons (Fsp3) is 0.815. The van der Waals surface area contributed by atoms with Crippen molar-refractivity contribution < 1.29 is 4.58 Å². The average Bonchev–Trinajstić information content (AvgIpc) is 3.06. The van der Waals surface area contributed by atoms with Crippen molar-refractivity contribution in [3.63, 3.8) is 0 Å². The summed E-state index contributed by atoms with van der Waals surface area (Å²) in [7, 11) is 0. The van der Waals surface area contributed by atoms with Crippen LogP contribution in [0, 0.1) is 22.7 Å². The maximum absolute atomic E-state index is 6.60. The number of rotatable bonds is 4. The molecular formula is C27H43Cl2N2+. The summed E-state index contributed by atoms with van der Waals surface area (Å²) in [5.74, 6) is 1.32. The molecule has 4 rings (SSSR count). The summed E-state index contributed by atoms with van der Waals surface area (Å²) >= 11 is 13.2. The zero-order chi connectivity index (χ0) is 22.6. The van der Waals surface area contributed by atoms with Gasteiger partial charge in [-0.25, -0.2) is 4.58 Å². The number of hydrogen-bond donors (Lipinski definition) is 0. The highest BCUT2D eigenvalue weighted by molar-refractivity contribution is 6.20. The minimum atomic E-state index is 0.179. The van der Waals surface area contributed by atoms with E-state index in [1.807, 2.05) is 0 Å². The van der Waals surface area contributed by atoms with Crippen molar-refractivity contribution in [2.24, 2.45) is 22.7 Å². The summed E-state index contributed by atoms with van der Waals surface area (Å²) in [5.41, 5.74) is 3.37. The molecule has 3 fully saturated rings. The molecule has 2 aliphatic carbocycles. The molecule has 6 atom stereocenters. The summed E-state index contributed by atoms with van der Waals surface area (Å²) in [6.07, 6.45) is 14.3. The first kappa shape index (κ1) is 23.7. The van der Waals surface area contributed by atoms with Gasteiger partial charge in [0.15, 0.2) is 11.8 Å². The number of halogens is 2. The number of likely N-dealkylation sites (tertiary alicyclic amines) is 1. The maximum atomic E-state index is 6.60. The number of hydrogen-bond acceptors (Lipinski definition) is 1. The second kappa shape index (κ2) is 8.71. The quantitative estimate of drug-likeness (QED) is 0.324. The number of nitrogens with zero attached hydrogens (tertiary/aromatic N) is 2.